The average Bonchev–Trinajstić information content (AvgIpc) is 2.35. The number of hydrogen-bond acceptors (Lipinski definition) is 2. The van der Waals surface area contributed by atoms with E-state index in [1.54, 1.807) is 0 Å². The van der Waals surface area contributed by atoms with Crippen molar-refractivity contribution in [2.24, 2.45) is 0 Å². The van der Waals surface area contributed by atoms with Gasteiger partial charge in [-0.05, 0) is 24.8 Å². The van der Waals surface area contributed by atoms with Crippen LogP contribution < -0.4 is 0 Å². The Morgan fingerprint density at radius 2 is 1.94 bits per heavy atom. The van der Waals surface area contributed by atoms with Crippen LogP contribution in [0.2, 0.25) is 0 Å². The molecule has 1 rings (SSSR count). The number of benzene rings is 1. The maximum absolute atomic E-state index is 11.2. The second-order valence-corrected chi connectivity index (χ2v) is 3.90. The van der Waals surface area contributed by atoms with Crippen LogP contribution in [0.5, 0.6) is 0 Å². The van der Waals surface area contributed by atoms with Crippen LogP contribution in [0, 0.1) is 0 Å². The highest BCUT2D eigenvalue weighted by molar-refractivity contribution is 5.69. The van der Waals surface area contributed by atoms with E-state index in [9.17, 15) is 4.79 Å². The zero-order valence-corrected chi connectivity index (χ0v) is 10.1. The fourth-order valence-corrected chi connectivity index (χ4v) is 1.59. The summed E-state index contributed by atoms with van der Waals surface area (Å²) in [5.74, 6) is -0.0973. The van der Waals surface area contributed by atoms with Gasteiger partial charge in [-0.2, -0.15) is 0 Å². The van der Waals surface area contributed by atoms with E-state index in [-0.39, 0.29) is 12.1 Å². The van der Waals surface area contributed by atoms with Gasteiger partial charge in [0, 0.05) is 6.42 Å². The predicted octanol–water partition coefficient (Wildman–Crippen LogP) is 3.35. The van der Waals surface area contributed by atoms with Crippen molar-refractivity contribution in [3.05, 3.63) is 35.9 Å². The van der Waals surface area contributed by atoms with Crippen LogP contribution in [0.25, 0.3) is 0 Å². The van der Waals surface area contributed by atoms with Crippen molar-refractivity contribution in [2.45, 2.75) is 45.6 Å². The number of aryl methyl sites for hydroxylation is 1. The van der Waals surface area contributed by atoms with Gasteiger partial charge in [0.1, 0.15) is 6.10 Å². The molecule has 0 heterocycles. The standard InChI is InChI=1S/C14H20O2/c1-3-13(16-14(15)4-2)11-10-12-8-6-5-7-9-12/h5-9,13H,3-4,10-11H2,1-2H3/t13-/m0/s1. The Hall–Kier alpha value is -1.31. The third-order valence-corrected chi connectivity index (χ3v) is 2.64. The molecule has 16 heavy (non-hydrogen) atoms. The van der Waals surface area contributed by atoms with E-state index >= 15 is 0 Å². The molecule has 1 aromatic rings. The lowest BCUT2D eigenvalue weighted by Crippen LogP contribution is -2.17. The van der Waals surface area contributed by atoms with Crippen LogP contribution >= 0.6 is 0 Å². The van der Waals surface area contributed by atoms with E-state index in [2.05, 4.69) is 19.1 Å². The summed E-state index contributed by atoms with van der Waals surface area (Å²) in [7, 11) is 0. The highest BCUT2D eigenvalue weighted by atomic mass is 16.5. The van der Waals surface area contributed by atoms with Gasteiger partial charge in [-0.3, -0.25) is 4.79 Å². The minimum atomic E-state index is -0.0973. The van der Waals surface area contributed by atoms with Crippen LogP contribution in [-0.2, 0) is 16.0 Å². The van der Waals surface area contributed by atoms with Gasteiger partial charge < -0.3 is 4.74 Å². The van der Waals surface area contributed by atoms with Crippen molar-refractivity contribution in [3.8, 4) is 0 Å². The summed E-state index contributed by atoms with van der Waals surface area (Å²) in [5, 5.41) is 0. The average molecular weight is 220 g/mol. The largest absolute Gasteiger partial charge is 0.462 e. The lowest BCUT2D eigenvalue weighted by Gasteiger charge is -2.15. The highest BCUT2D eigenvalue weighted by Gasteiger charge is 2.10. The van der Waals surface area contributed by atoms with Crippen molar-refractivity contribution >= 4 is 5.97 Å². The molecule has 0 radical (unpaired) electrons. The molecule has 0 unspecified atom stereocenters. The van der Waals surface area contributed by atoms with Gasteiger partial charge in [-0.1, -0.05) is 44.2 Å². The normalized spacial score (nSPS) is 12.1. The van der Waals surface area contributed by atoms with Gasteiger partial charge in [-0.15, -0.1) is 0 Å². The zero-order chi connectivity index (χ0) is 11.8. The second kappa shape index (κ2) is 7.04. The monoisotopic (exact) mass is 220 g/mol. The molecule has 0 aliphatic rings. The van der Waals surface area contributed by atoms with E-state index in [4.69, 9.17) is 4.74 Å². The minimum absolute atomic E-state index is 0.0626. The van der Waals surface area contributed by atoms with Crippen molar-refractivity contribution in [3.63, 3.8) is 0 Å². The Bertz CT molecular complexity index is 306. The van der Waals surface area contributed by atoms with Gasteiger partial charge in [0.2, 0.25) is 0 Å². The van der Waals surface area contributed by atoms with Crippen molar-refractivity contribution in [1.29, 1.82) is 0 Å². The van der Waals surface area contributed by atoms with Crippen LogP contribution in [0.15, 0.2) is 30.3 Å². The Morgan fingerprint density at radius 1 is 1.25 bits per heavy atom. The zero-order valence-electron chi connectivity index (χ0n) is 10.1. The third kappa shape index (κ3) is 4.47. The molecule has 0 amide bonds. The Labute approximate surface area is 97.6 Å². The molecule has 2 nitrogen and oxygen atoms in total. The summed E-state index contributed by atoms with van der Waals surface area (Å²) < 4.78 is 5.33. The van der Waals surface area contributed by atoms with Gasteiger partial charge in [-0.25, -0.2) is 0 Å². The summed E-state index contributed by atoms with van der Waals surface area (Å²) in [4.78, 5) is 11.2. The molecular formula is C14H20O2. The fraction of sp³-hybridized carbons (Fsp3) is 0.500. The molecule has 0 N–H and O–H groups in total. The topological polar surface area (TPSA) is 26.3 Å². The maximum Gasteiger partial charge on any atom is 0.305 e. The molecule has 1 aromatic carbocycles. The summed E-state index contributed by atoms with van der Waals surface area (Å²) in [6.07, 6.45) is 3.29. The number of hydrogen-bond donors (Lipinski definition) is 0. The lowest BCUT2D eigenvalue weighted by atomic mass is 10.1. The molecule has 88 valence electrons. The van der Waals surface area contributed by atoms with Crippen LogP contribution in [0.4, 0.5) is 0 Å². The first kappa shape index (κ1) is 12.8. The summed E-state index contributed by atoms with van der Waals surface area (Å²) in [6.45, 7) is 3.88. The predicted molar refractivity (Wildman–Crippen MR) is 65.2 cm³/mol. The first-order valence-corrected chi connectivity index (χ1v) is 5.99. The fourth-order valence-electron chi connectivity index (χ4n) is 1.59. The Morgan fingerprint density at radius 3 is 2.50 bits per heavy atom. The molecule has 2 heteroatoms. The molecule has 0 aliphatic heterocycles. The van der Waals surface area contributed by atoms with Gasteiger partial charge >= 0.3 is 5.97 Å². The molecule has 0 fully saturated rings. The Kier molecular flexibility index (Phi) is 5.62. The van der Waals surface area contributed by atoms with Crippen LogP contribution in [0.1, 0.15) is 38.7 Å². The third-order valence-electron chi connectivity index (χ3n) is 2.64. The number of carbonyl (C=O) groups excluding carboxylic acids is 1. The smallest absolute Gasteiger partial charge is 0.305 e. The quantitative estimate of drug-likeness (QED) is 0.687. The molecule has 0 bridgehead atoms. The molecule has 0 spiro atoms. The van der Waals surface area contributed by atoms with E-state index in [1.807, 2.05) is 25.1 Å². The highest BCUT2D eigenvalue weighted by Crippen LogP contribution is 2.10. The Balaban J connectivity index is 2.37. The van der Waals surface area contributed by atoms with Crippen LogP contribution in [0.3, 0.4) is 0 Å². The van der Waals surface area contributed by atoms with E-state index < -0.39 is 0 Å². The number of esters is 1. The minimum Gasteiger partial charge on any atom is -0.462 e. The molecule has 1 atom stereocenters. The van der Waals surface area contributed by atoms with Crippen molar-refractivity contribution in [1.82, 2.24) is 0 Å². The van der Waals surface area contributed by atoms with Crippen molar-refractivity contribution < 1.29 is 9.53 Å². The number of ether oxygens (including phenoxy) is 1. The van der Waals surface area contributed by atoms with E-state index in [0.717, 1.165) is 19.3 Å². The van der Waals surface area contributed by atoms with Gasteiger partial charge in [0.15, 0.2) is 0 Å². The first-order chi connectivity index (χ1) is 7.76. The summed E-state index contributed by atoms with van der Waals surface area (Å²) in [5.41, 5.74) is 1.30. The second-order valence-electron chi connectivity index (χ2n) is 3.90. The van der Waals surface area contributed by atoms with Crippen molar-refractivity contribution in [2.75, 3.05) is 0 Å². The lowest BCUT2D eigenvalue weighted by molar-refractivity contribution is -0.149. The maximum atomic E-state index is 11.2. The molecule has 0 saturated carbocycles. The molecule has 0 aliphatic carbocycles. The molecule has 0 saturated heterocycles. The number of carbonyl (C=O) groups is 1. The summed E-state index contributed by atoms with van der Waals surface area (Å²) in [6, 6.07) is 10.3. The number of rotatable bonds is 6. The first-order valence-electron chi connectivity index (χ1n) is 5.99. The van der Waals surface area contributed by atoms with Crippen LogP contribution in [-0.4, -0.2) is 12.1 Å². The van der Waals surface area contributed by atoms with E-state index in [0.29, 0.717) is 6.42 Å². The molecule has 0 aromatic heterocycles. The van der Waals surface area contributed by atoms with Gasteiger partial charge in [0.25, 0.3) is 0 Å². The summed E-state index contributed by atoms with van der Waals surface area (Å²) >= 11 is 0. The SMILES string of the molecule is CCC(=O)O[C@@H](CC)CCc1ccccc1. The van der Waals surface area contributed by atoms with E-state index in [1.165, 1.54) is 5.56 Å². The molecular weight excluding hydrogens is 200 g/mol. The van der Waals surface area contributed by atoms with Gasteiger partial charge in [0.05, 0.1) is 0 Å².